The van der Waals surface area contributed by atoms with Crippen LogP contribution in [0.2, 0.25) is 0 Å². The molecule has 0 spiro atoms. The van der Waals surface area contributed by atoms with E-state index in [1.165, 1.54) is 0 Å². The second-order valence-electron chi connectivity index (χ2n) is 3.63. The molecule has 0 N–H and O–H groups in total. The van der Waals surface area contributed by atoms with Crippen molar-refractivity contribution in [2.75, 3.05) is 6.54 Å². The van der Waals surface area contributed by atoms with Gasteiger partial charge in [-0.2, -0.15) is 0 Å². The van der Waals surface area contributed by atoms with Crippen LogP contribution in [0.4, 0.5) is 0 Å². The number of pyridine rings is 1. The third kappa shape index (κ3) is 1.62. The van der Waals surface area contributed by atoms with Crippen LogP contribution in [0, 0.1) is 0 Å². The molecule has 0 aliphatic carbocycles. The molecule has 2 rings (SSSR count). The van der Waals surface area contributed by atoms with Gasteiger partial charge in [-0.1, -0.05) is 6.07 Å². The van der Waals surface area contributed by atoms with Crippen molar-refractivity contribution in [3.63, 3.8) is 0 Å². The molecule has 0 unspecified atom stereocenters. The van der Waals surface area contributed by atoms with Gasteiger partial charge in [0.05, 0.1) is 11.7 Å². The molecule has 0 bridgehead atoms. The first-order valence-corrected chi connectivity index (χ1v) is 4.97. The first-order valence-electron chi connectivity index (χ1n) is 4.97. The van der Waals surface area contributed by atoms with Gasteiger partial charge in [-0.3, -0.25) is 9.78 Å². The van der Waals surface area contributed by atoms with Gasteiger partial charge in [0, 0.05) is 19.7 Å². The van der Waals surface area contributed by atoms with Gasteiger partial charge in [-0.05, 0) is 25.0 Å². The monoisotopic (exact) mass is 190 g/mol. The lowest BCUT2D eigenvalue weighted by molar-refractivity contribution is -0.129. The molecule has 1 atom stereocenters. The van der Waals surface area contributed by atoms with Gasteiger partial charge in [-0.25, -0.2) is 0 Å². The van der Waals surface area contributed by atoms with E-state index < -0.39 is 0 Å². The minimum absolute atomic E-state index is 0.151. The molecule has 1 saturated heterocycles. The van der Waals surface area contributed by atoms with Crippen LogP contribution in [0.5, 0.6) is 0 Å². The van der Waals surface area contributed by atoms with Crippen LogP contribution < -0.4 is 0 Å². The third-order valence-corrected chi connectivity index (χ3v) is 2.69. The van der Waals surface area contributed by atoms with Gasteiger partial charge in [-0.15, -0.1) is 0 Å². The van der Waals surface area contributed by atoms with Gasteiger partial charge in [0.15, 0.2) is 0 Å². The number of carbonyl (C=O) groups excluding carboxylic acids is 1. The molecule has 1 aliphatic heterocycles. The highest BCUT2D eigenvalue weighted by Gasteiger charge is 2.28. The summed E-state index contributed by atoms with van der Waals surface area (Å²) in [5.74, 6) is 0.151. The normalized spacial score (nSPS) is 21.2. The van der Waals surface area contributed by atoms with Gasteiger partial charge in [0.2, 0.25) is 5.91 Å². The topological polar surface area (TPSA) is 33.2 Å². The Bertz CT molecular complexity index is 323. The van der Waals surface area contributed by atoms with Crippen LogP contribution in [0.25, 0.3) is 0 Å². The molecule has 1 aromatic rings. The lowest BCUT2D eigenvalue weighted by Gasteiger charge is -2.22. The van der Waals surface area contributed by atoms with Crippen LogP contribution in [0.3, 0.4) is 0 Å². The fraction of sp³-hybridized carbons (Fsp3) is 0.455. The number of carbonyl (C=O) groups is 1. The molecule has 3 nitrogen and oxygen atoms in total. The molecule has 1 fully saturated rings. The predicted molar refractivity (Wildman–Crippen MR) is 53.6 cm³/mol. The molecule has 0 radical (unpaired) electrons. The molecule has 14 heavy (non-hydrogen) atoms. The zero-order valence-electron chi connectivity index (χ0n) is 8.31. The highest BCUT2D eigenvalue weighted by molar-refractivity contribution is 5.74. The van der Waals surface area contributed by atoms with Crippen molar-refractivity contribution in [1.29, 1.82) is 0 Å². The summed E-state index contributed by atoms with van der Waals surface area (Å²) < 4.78 is 0. The van der Waals surface area contributed by atoms with Gasteiger partial charge >= 0.3 is 0 Å². The van der Waals surface area contributed by atoms with E-state index in [1.807, 2.05) is 23.1 Å². The summed E-state index contributed by atoms with van der Waals surface area (Å²) in [5.41, 5.74) is 1.01. The van der Waals surface area contributed by atoms with Crippen molar-refractivity contribution in [3.05, 3.63) is 30.1 Å². The van der Waals surface area contributed by atoms with Gasteiger partial charge < -0.3 is 4.90 Å². The van der Waals surface area contributed by atoms with E-state index >= 15 is 0 Å². The fourth-order valence-corrected chi connectivity index (χ4v) is 2.02. The van der Waals surface area contributed by atoms with Crippen LogP contribution in [-0.2, 0) is 4.79 Å². The number of hydrogen-bond acceptors (Lipinski definition) is 2. The minimum atomic E-state index is 0.151. The van der Waals surface area contributed by atoms with Crippen molar-refractivity contribution in [2.45, 2.75) is 25.8 Å². The van der Waals surface area contributed by atoms with Crippen molar-refractivity contribution in [3.8, 4) is 0 Å². The summed E-state index contributed by atoms with van der Waals surface area (Å²) in [4.78, 5) is 17.5. The minimum Gasteiger partial charge on any atom is -0.334 e. The maximum atomic E-state index is 11.3. The Balaban J connectivity index is 2.22. The van der Waals surface area contributed by atoms with Crippen LogP contribution in [0.1, 0.15) is 31.5 Å². The zero-order valence-corrected chi connectivity index (χ0v) is 8.31. The highest BCUT2D eigenvalue weighted by Crippen LogP contribution is 2.30. The third-order valence-electron chi connectivity index (χ3n) is 2.69. The molecule has 3 heteroatoms. The number of amides is 1. The van der Waals surface area contributed by atoms with Crippen LogP contribution in [0.15, 0.2) is 24.4 Å². The Labute approximate surface area is 83.8 Å². The quantitative estimate of drug-likeness (QED) is 0.676. The lowest BCUT2D eigenvalue weighted by Crippen LogP contribution is -2.28. The maximum Gasteiger partial charge on any atom is 0.220 e. The Hall–Kier alpha value is -1.38. The fourth-order valence-electron chi connectivity index (χ4n) is 2.02. The predicted octanol–water partition coefficient (Wildman–Crippen LogP) is 1.77. The van der Waals surface area contributed by atoms with Crippen molar-refractivity contribution < 1.29 is 4.79 Å². The first kappa shape index (κ1) is 9.19. The number of aromatic nitrogens is 1. The van der Waals surface area contributed by atoms with Crippen LogP contribution in [-0.4, -0.2) is 22.3 Å². The molecule has 1 aliphatic rings. The molecular formula is C11H14N2O. The first-order chi connectivity index (χ1) is 6.79. The highest BCUT2D eigenvalue weighted by atomic mass is 16.2. The number of hydrogen-bond donors (Lipinski definition) is 0. The zero-order chi connectivity index (χ0) is 9.97. The second-order valence-corrected chi connectivity index (χ2v) is 3.63. The molecular weight excluding hydrogens is 176 g/mol. The molecule has 74 valence electrons. The second kappa shape index (κ2) is 3.78. The Morgan fingerprint density at radius 2 is 2.43 bits per heavy atom. The largest absolute Gasteiger partial charge is 0.334 e. The van der Waals surface area contributed by atoms with E-state index in [4.69, 9.17) is 0 Å². The summed E-state index contributed by atoms with van der Waals surface area (Å²) in [6.45, 7) is 2.50. The molecule has 0 aromatic carbocycles. The van der Waals surface area contributed by atoms with E-state index in [0.717, 1.165) is 25.1 Å². The lowest BCUT2D eigenvalue weighted by atomic mass is 10.1. The van der Waals surface area contributed by atoms with E-state index in [2.05, 4.69) is 4.98 Å². The SMILES string of the molecule is CC(=O)N1CCC[C@@H]1c1ccccn1. The van der Waals surface area contributed by atoms with Crippen LogP contribution >= 0.6 is 0 Å². The summed E-state index contributed by atoms with van der Waals surface area (Å²) in [6, 6.07) is 6.07. The summed E-state index contributed by atoms with van der Waals surface area (Å²) in [6.07, 6.45) is 3.91. The summed E-state index contributed by atoms with van der Waals surface area (Å²) in [5, 5.41) is 0. The summed E-state index contributed by atoms with van der Waals surface area (Å²) >= 11 is 0. The van der Waals surface area contributed by atoms with Crippen molar-refractivity contribution in [1.82, 2.24) is 9.88 Å². The maximum absolute atomic E-state index is 11.3. The van der Waals surface area contributed by atoms with Gasteiger partial charge in [0.25, 0.3) is 0 Å². The van der Waals surface area contributed by atoms with E-state index in [-0.39, 0.29) is 11.9 Å². The van der Waals surface area contributed by atoms with Gasteiger partial charge in [0.1, 0.15) is 0 Å². The van der Waals surface area contributed by atoms with E-state index in [1.54, 1.807) is 13.1 Å². The molecule has 1 amide bonds. The molecule has 2 heterocycles. The number of rotatable bonds is 1. The Morgan fingerprint density at radius 1 is 1.57 bits per heavy atom. The number of likely N-dealkylation sites (tertiary alicyclic amines) is 1. The average molecular weight is 190 g/mol. The summed E-state index contributed by atoms with van der Waals surface area (Å²) in [7, 11) is 0. The number of nitrogens with zero attached hydrogens (tertiary/aromatic N) is 2. The molecule has 0 saturated carbocycles. The smallest absolute Gasteiger partial charge is 0.220 e. The van der Waals surface area contributed by atoms with E-state index in [0.29, 0.717) is 0 Å². The standard InChI is InChI=1S/C11H14N2O/c1-9(14)13-8-4-6-11(13)10-5-2-3-7-12-10/h2-3,5,7,11H,4,6,8H2,1H3/t11-/m1/s1. The Morgan fingerprint density at radius 3 is 3.07 bits per heavy atom. The average Bonchev–Trinajstić information content (AvgIpc) is 2.67. The van der Waals surface area contributed by atoms with Crippen molar-refractivity contribution in [2.24, 2.45) is 0 Å². The Kier molecular flexibility index (Phi) is 2.48. The van der Waals surface area contributed by atoms with Crippen molar-refractivity contribution >= 4 is 5.91 Å². The molecule has 1 aromatic heterocycles. The van der Waals surface area contributed by atoms with E-state index in [9.17, 15) is 4.79 Å².